The van der Waals surface area contributed by atoms with E-state index in [0.29, 0.717) is 60.3 Å². The smallest absolute Gasteiger partial charge is 0.220 e. The molecule has 2 aromatic heterocycles. The summed E-state index contributed by atoms with van der Waals surface area (Å²) in [7, 11) is 2.99. The molecule has 49 heavy (non-hydrogen) atoms. The molecule has 4 heterocycles. The van der Waals surface area contributed by atoms with Crippen molar-refractivity contribution in [2.75, 3.05) is 27.3 Å². The van der Waals surface area contributed by atoms with Gasteiger partial charge in [0.1, 0.15) is 5.82 Å². The minimum absolute atomic E-state index is 0.0146. The van der Waals surface area contributed by atoms with Crippen molar-refractivity contribution in [2.45, 2.75) is 61.6 Å². The molecule has 0 spiro atoms. The van der Waals surface area contributed by atoms with Crippen molar-refractivity contribution in [2.24, 2.45) is 0 Å². The number of pyridine rings is 2. The fourth-order valence-electron chi connectivity index (χ4n) is 6.68. The molecule has 2 saturated heterocycles. The predicted octanol–water partition coefficient (Wildman–Crippen LogP) is 4.57. The number of hydrogen-bond donors (Lipinski definition) is 4. The van der Waals surface area contributed by atoms with Gasteiger partial charge in [0.15, 0.2) is 0 Å². The van der Waals surface area contributed by atoms with E-state index >= 15 is 4.39 Å². The predicted molar refractivity (Wildman–Crippen MR) is 186 cm³/mol. The second kappa shape index (κ2) is 15.2. The van der Waals surface area contributed by atoms with Crippen molar-refractivity contribution in [3.63, 3.8) is 0 Å². The van der Waals surface area contributed by atoms with E-state index in [1.165, 1.54) is 13.2 Å². The number of nitrogens with one attached hydrogen (secondary N) is 4. The van der Waals surface area contributed by atoms with E-state index in [4.69, 9.17) is 42.6 Å². The molecule has 0 radical (unpaired) electrons. The molecule has 1 aromatic carbocycles. The van der Waals surface area contributed by atoms with E-state index in [1.54, 1.807) is 13.2 Å². The van der Waals surface area contributed by atoms with Crippen LogP contribution in [0.3, 0.4) is 0 Å². The maximum Gasteiger partial charge on any atom is 0.220 e. The number of carbonyl (C=O) groups excluding carboxylic acids is 2. The van der Waals surface area contributed by atoms with Crippen LogP contribution >= 0.6 is 23.2 Å². The summed E-state index contributed by atoms with van der Waals surface area (Å²) < 4.78 is 27.6. The average molecular weight is 710 g/mol. The number of methoxy groups -OCH3 is 2. The lowest BCUT2D eigenvalue weighted by Gasteiger charge is -2.38. The van der Waals surface area contributed by atoms with Crippen molar-refractivity contribution in [1.82, 2.24) is 31.2 Å². The van der Waals surface area contributed by atoms with Crippen LogP contribution in [0.2, 0.25) is 5.02 Å². The van der Waals surface area contributed by atoms with Crippen LogP contribution in [0, 0.1) is 5.82 Å². The Morgan fingerprint density at radius 3 is 2.20 bits per heavy atom. The maximum absolute atomic E-state index is 16.2. The van der Waals surface area contributed by atoms with Crippen molar-refractivity contribution >= 4 is 40.6 Å². The molecule has 4 atom stereocenters. The Bertz CT molecular complexity index is 1790. The Kier molecular flexibility index (Phi) is 10.8. The number of hydrogen-bond acceptors (Lipinski definition) is 8. The zero-order valence-corrected chi connectivity index (χ0v) is 28.8. The minimum atomic E-state index is -1.27. The van der Waals surface area contributed by atoms with Gasteiger partial charge in [-0.2, -0.15) is 0 Å². The quantitative estimate of drug-likeness (QED) is 0.190. The fraction of sp³-hybridized carbons (Fsp3) is 0.389. The number of ether oxygens (including phenoxy) is 2. The zero-order valence-electron chi connectivity index (χ0n) is 27.3. The van der Waals surface area contributed by atoms with Crippen molar-refractivity contribution in [3.05, 3.63) is 99.6 Å². The molecule has 2 amide bonds. The van der Waals surface area contributed by atoms with Crippen LogP contribution < -0.4 is 30.7 Å². The highest BCUT2D eigenvalue weighted by Crippen LogP contribution is 2.48. The largest absolute Gasteiger partial charge is 0.481 e. The van der Waals surface area contributed by atoms with Gasteiger partial charge in [0.2, 0.25) is 23.6 Å². The molecule has 10 nitrogen and oxygen atoms in total. The first-order valence-corrected chi connectivity index (χ1v) is 17.1. The minimum Gasteiger partial charge on any atom is -0.481 e. The van der Waals surface area contributed by atoms with Gasteiger partial charge in [-0.1, -0.05) is 54.1 Å². The van der Waals surface area contributed by atoms with Crippen molar-refractivity contribution in [1.29, 1.82) is 0 Å². The number of carbonyl (C=O) groups is 2. The number of aromatic nitrogens is 2. The lowest BCUT2D eigenvalue weighted by molar-refractivity contribution is -0.120. The van der Waals surface area contributed by atoms with E-state index in [2.05, 4.69) is 21.3 Å². The molecule has 2 unspecified atom stereocenters. The van der Waals surface area contributed by atoms with Crippen LogP contribution in [0.5, 0.6) is 11.8 Å². The molecule has 258 valence electrons. The van der Waals surface area contributed by atoms with Gasteiger partial charge in [-0.25, -0.2) is 14.4 Å². The monoisotopic (exact) mass is 708 g/mol. The van der Waals surface area contributed by atoms with Gasteiger partial charge in [-0.3, -0.25) is 9.59 Å². The van der Waals surface area contributed by atoms with E-state index in [0.717, 1.165) is 24.0 Å². The summed E-state index contributed by atoms with van der Waals surface area (Å²) in [5.41, 5.74) is 2.01. The van der Waals surface area contributed by atoms with Crippen LogP contribution in [-0.4, -0.2) is 66.6 Å². The molecule has 3 aliphatic rings. The number of amides is 2. The summed E-state index contributed by atoms with van der Waals surface area (Å²) >= 11 is 14.1. The van der Waals surface area contributed by atoms with Crippen molar-refractivity contribution < 1.29 is 23.5 Å². The Labute approximate surface area is 294 Å². The second-order valence-corrected chi connectivity index (χ2v) is 13.2. The fourth-order valence-corrected chi connectivity index (χ4v) is 7.42. The average Bonchev–Trinajstić information content (AvgIpc) is 3.72. The Hall–Kier alpha value is -4.03. The maximum atomic E-state index is 16.2. The van der Waals surface area contributed by atoms with E-state index in [-0.39, 0.29) is 41.9 Å². The van der Waals surface area contributed by atoms with E-state index in [9.17, 15) is 9.59 Å². The van der Waals surface area contributed by atoms with Gasteiger partial charge in [-0.15, -0.1) is 11.6 Å². The van der Waals surface area contributed by atoms with Gasteiger partial charge in [0.25, 0.3) is 0 Å². The first-order chi connectivity index (χ1) is 23.7. The third kappa shape index (κ3) is 7.30. The number of benzene rings is 1. The Balaban J connectivity index is 1.36. The summed E-state index contributed by atoms with van der Waals surface area (Å²) in [4.78, 5) is 33.1. The number of allylic oxidation sites excluding steroid dienone is 4. The van der Waals surface area contributed by atoms with Crippen LogP contribution in [0.1, 0.15) is 53.8 Å². The highest BCUT2D eigenvalue weighted by atomic mass is 35.5. The number of halogens is 3. The molecule has 3 aromatic rings. The first kappa shape index (κ1) is 34.8. The molecular weight excluding hydrogens is 670 g/mol. The van der Waals surface area contributed by atoms with Gasteiger partial charge in [-0.05, 0) is 42.2 Å². The van der Waals surface area contributed by atoms with Crippen LogP contribution in [0.25, 0.3) is 5.57 Å². The van der Waals surface area contributed by atoms with Gasteiger partial charge < -0.3 is 30.7 Å². The summed E-state index contributed by atoms with van der Waals surface area (Å²) in [6, 6.07) is 12.6. The molecule has 1 aliphatic carbocycles. The molecule has 4 N–H and O–H groups in total. The molecule has 2 fully saturated rings. The standard InChI is InChI=1S/C36H39Cl2FN6O4/c1-48-34-21(17-40-18-22-10-13-31(46)42-22)9-12-29(44-34)36(15-5-7-25(33(36)38)24-6-3-4-8-27(24)37)30-16-28(39)26(35(45-30)49-2)20-41-19-23-11-14-32(47)43-23/h3-9,12,15-16,22-23,33,40-41H,10-11,13-14,17-20H2,1-2H3,(H,42,46)(H,43,47)/t22-,23-,33?,36?/m1/s1. The lowest BCUT2D eigenvalue weighted by Crippen LogP contribution is -2.40. The van der Waals surface area contributed by atoms with Crippen molar-refractivity contribution in [3.8, 4) is 11.8 Å². The summed E-state index contributed by atoms with van der Waals surface area (Å²) in [6.07, 6.45) is 8.14. The third-order valence-corrected chi connectivity index (χ3v) is 10.2. The molecule has 6 rings (SSSR count). The normalized spacial score (nSPS) is 23.3. The number of alkyl halides is 1. The van der Waals surface area contributed by atoms with E-state index in [1.807, 2.05) is 48.6 Å². The zero-order chi connectivity index (χ0) is 34.5. The van der Waals surface area contributed by atoms with Gasteiger partial charge in [0.05, 0.1) is 42.0 Å². The topological polar surface area (TPSA) is 126 Å². The molecular formula is C36H39Cl2FN6O4. The highest BCUT2D eigenvalue weighted by Gasteiger charge is 2.47. The van der Waals surface area contributed by atoms with Crippen LogP contribution in [-0.2, 0) is 28.1 Å². The second-order valence-electron chi connectivity index (χ2n) is 12.4. The number of nitrogens with zero attached hydrogens (tertiary/aromatic N) is 2. The third-order valence-electron chi connectivity index (χ3n) is 9.27. The lowest BCUT2D eigenvalue weighted by atomic mass is 9.70. The Morgan fingerprint density at radius 1 is 0.918 bits per heavy atom. The van der Waals surface area contributed by atoms with Crippen LogP contribution in [0.15, 0.2) is 60.7 Å². The summed E-state index contributed by atoms with van der Waals surface area (Å²) in [5.74, 6) is 0.0319. The summed E-state index contributed by atoms with van der Waals surface area (Å²) in [6.45, 7) is 1.69. The molecule has 13 heteroatoms. The highest BCUT2D eigenvalue weighted by molar-refractivity contribution is 6.34. The number of rotatable bonds is 13. The molecule has 0 bridgehead atoms. The summed E-state index contributed by atoms with van der Waals surface area (Å²) in [5, 5.41) is 12.2. The Morgan fingerprint density at radius 2 is 1.57 bits per heavy atom. The van der Waals surface area contributed by atoms with Gasteiger partial charge in [0, 0.05) is 61.7 Å². The molecule has 2 aliphatic heterocycles. The van der Waals surface area contributed by atoms with Gasteiger partial charge >= 0.3 is 0 Å². The van der Waals surface area contributed by atoms with Crippen LogP contribution in [0.4, 0.5) is 4.39 Å². The molecule has 0 saturated carbocycles. The first-order valence-electron chi connectivity index (χ1n) is 16.3. The van der Waals surface area contributed by atoms with E-state index < -0.39 is 16.6 Å². The SMILES string of the molecule is COc1nc(C2(c3cc(F)c(CNC[C@H]4CCC(=O)N4)c(OC)n3)C=CC=C(c3ccccc3Cl)C2Cl)ccc1CNC[C@H]1CCC(=O)N1.